The second-order valence-corrected chi connectivity index (χ2v) is 6.92. The Labute approximate surface area is 143 Å². The van der Waals surface area contributed by atoms with Gasteiger partial charge in [0.25, 0.3) is 0 Å². The lowest BCUT2D eigenvalue weighted by atomic mass is 9.97. The lowest BCUT2D eigenvalue weighted by Crippen LogP contribution is -2.47. The highest BCUT2D eigenvalue weighted by atomic mass is 16.2. The van der Waals surface area contributed by atoms with Crippen LogP contribution in [-0.2, 0) is 4.79 Å². The molecule has 3 amide bonds. The van der Waals surface area contributed by atoms with Gasteiger partial charge in [-0.05, 0) is 43.9 Å². The summed E-state index contributed by atoms with van der Waals surface area (Å²) in [6.45, 7) is 4.56. The highest BCUT2D eigenvalue weighted by Crippen LogP contribution is 2.22. The van der Waals surface area contributed by atoms with Crippen LogP contribution in [-0.4, -0.2) is 54.0 Å². The van der Waals surface area contributed by atoms with E-state index in [0.29, 0.717) is 19.6 Å². The number of amides is 3. The third-order valence-electron chi connectivity index (χ3n) is 4.86. The topological polar surface area (TPSA) is 78.7 Å². The average molecular weight is 330 g/mol. The highest BCUT2D eigenvalue weighted by molar-refractivity contribution is 5.90. The van der Waals surface area contributed by atoms with Gasteiger partial charge in [0.15, 0.2) is 0 Å². The maximum atomic E-state index is 12.6. The first-order chi connectivity index (χ1) is 11.5. The van der Waals surface area contributed by atoms with Crippen molar-refractivity contribution in [1.82, 2.24) is 9.80 Å². The molecule has 1 aromatic rings. The van der Waals surface area contributed by atoms with Gasteiger partial charge < -0.3 is 20.9 Å². The van der Waals surface area contributed by atoms with Gasteiger partial charge in [0, 0.05) is 37.9 Å². The fourth-order valence-electron chi connectivity index (χ4n) is 3.53. The Balaban J connectivity index is 1.58. The van der Waals surface area contributed by atoms with E-state index in [1.54, 1.807) is 4.90 Å². The molecule has 0 saturated carbocycles. The molecule has 0 aliphatic carbocycles. The van der Waals surface area contributed by atoms with Crippen LogP contribution < -0.4 is 11.1 Å². The number of benzene rings is 1. The minimum absolute atomic E-state index is 0.0956. The Kier molecular flexibility index (Phi) is 5.04. The third kappa shape index (κ3) is 3.87. The number of rotatable bonds is 2. The van der Waals surface area contributed by atoms with E-state index < -0.39 is 0 Å². The summed E-state index contributed by atoms with van der Waals surface area (Å²) in [5.41, 5.74) is 7.79. The zero-order valence-electron chi connectivity index (χ0n) is 14.2. The number of piperidine rings is 1. The number of hydrogen-bond donors (Lipinski definition) is 2. The largest absolute Gasteiger partial charge is 0.341 e. The Morgan fingerprint density at radius 3 is 2.71 bits per heavy atom. The predicted molar refractivity (Wildman–Crippen MR) is 93.7 cm³/mol. The van der Waals surface area contributed by atoms with E-state index in [2.05, 4.69) is 5.32 Å². The summed E-state index contributed by atoms with van der Waals surface area (Å²) in [5, 5.41) is 2.93. The molecule has 2 saturated heterocycles. The Morgan fingerprint density at radius 2 is 2.00 bits per heavy atom. The second kappa shape index (κ2) is 7.21. The van der Waals surface area contributed by atoms with Crippen molar-refractivity contribution in [1.29, 1.82) is 0 Å². The number of carbonyl (C=O) groups is 2. The molecule has 2 atom stereocenters. The van der Waals surface area contributed by atoms with Gasteiger partial charge in [-0.1, -0.05) is 12.1 Å². The molecule has 3 N–H and O–H groups in total. The summed E-state index contributed by atoms with van der Waals surface area (Å²) in [6.07, 6.45) is 2.58. The Morgan fingerprint density at radius 1 is 1.17 bits per heavy atom. The number of nitrogens with zero attached hydrogens (tertiary/aromatic N) is 2. The summed E-state index contributed by atoms with van der Waals surface area (Å²) >= 11 is 0. The molecule has 130 valence electrons. The first-order valence-corrected chi connectivity index (χ1v) is 8.70. The van der Waals surface area contributed by atoms with E-state index in [0.717, 1.165) is 37.1 Å². The van der Waals surface area contributed by atoms with Gasteiger partial charge in [-0.25, -0.2) is 4.79 Å². The zero-order valence-corrected chi connectivity index (χ0v) is 14.2. The molecule has 0 bridgehead atoms. The van der Waals surface area contributed by atoms with E-state index in [4.69, 9.17) is 5.73 Å². The normalized spacial score (nSPS) is 24.1. The van der Waals surface area contributed by atoms with Crippen LogP contribution in [0.2, 0.25) is 0 Å². The first-order valence-electron chi connectivity index (χ1n) is 8.70. The lowest BCUT2D eigenvalue weighted by molar-refractivity contribution is -0.135. The van der Waals surface area contributed by atoms with Crippen LogP contribution in [0, 0.1) is 12.8 Å². The van der Waals surface area contributed by atoms with Gasteiger partial charge in [-0.2, -0.15) is 0 Å². The van der Waals surface area contributed by atoms with E-state index in [9.17, 15) is 9.59 Å². The summed E-state index contributed by atoms with van der Waals surface area (Å²) in [5.74, 6) is 0.0447. The summed E-state index contributed by atoms with van der Waals surface area (Å²) < 4.78 is 0. The number of urea groups is 1. The van der Waals surface area contributed by atoms with Crippen LogP contribution in [0.1, 0.15) is 24.8 Å². The van der Waals surface area contributed by atoms with Gasteiger partial charge in [-0.3, -0.25) is 4.79 Å². The number of anilines is 1. The van der Waals surface area contributed by atoms with Gasteiger partial charge in [-0.15, -0.1) is 0 Å². The monoisotopic (exact) mass is 330 g/mol. The van der Waals surface area contributed by atoms with Crippen LogP contribution in [0.4, 0.5) is 10.5 Å². The molecule has 24 heavy (non-hydrogen) atoms. The first kappa shape index (κ1) is 16.8. The zero-order chi connectivity index (χ0) is 17.1. The van der Waals surface area contributed by atoms with Gasteiger partial charge in [0.1, 0.15) is 0 Å². The molecular weight excluding hydrogens is 304 g/mol. The van der Waals surface area contributed by atoms with E-state index in [1.807, 2.05) is 36.1 Å². The van der Waals surface area contributed by atoms with Crippen LogP contribution in [0.25, 0.3) is 0 Å². The molecule has 6 heteroatoms. The number of aryl methyl sites for hydroxylation is 1. The van der Waals surface area contributed by atoms with Crippen molar-refractivity contribution in [2.75, 3.05) is 31.5 Å². The molecule has 0 radical (unpaired) electrons. The minimum atomic E-state index is -0.128. The van der Waals surface area contributed by atoms with Crippen molar-refractivity contribution < 1.29 is 9.59 Å². The number of likely N-dealkylation sites (tertiary alicyclic amines) is 2. The fraction of sp³-hybridized carbons (Fsp3) is 0.556. The van der Waals surface area contributed by atoms with Gasteiger partial charge in [0.05, 0.1) is 5.92 Å². The molecule has 2 heterocycles. The number of hydrogen-bond acceptors (Lipinski definition) is 3. The summed E-state index contributed by atoms with van der Waals surface area (Å²) in [4.78, 5) is 28.7. The molecule has 2 aliphatic heterocycles. The lowest BCUT2D eigenvalue weighted by Gasteiger charge is -2.34. The molecule has 1 unspecified atom stereocenters. The smallest absolute Gasteiger partial charge is 0.321 e. The quantitative estimate of drug-likeness (QED) is 0.868. The van der Waals surface area contributed by atoms with Gasteiger partial charge in [0.2, 0.25) is 5.91 Å². The molecule has 0 spiro atoms. The van der Waals surface area contributed by atoms with Gasteiger partial charge >= 0.3 is 6.03 Å². The predicted octanol–water partition coefficient (Wildman–Crippen LogP) is 1.80. The molecule has 3 rings (SSSR count). The van der Waals surface area contributed by atoms with Crippen molar-refractivity contribution in [3.05, 3.63) is 29.8 Å². The van der Waals surface area contributed by atoms with Crippen LogP contribution in [0.15, 0.2) is 24.3 Å². The highest BCUT2D eigenvalue weighted by Gasteiger charge is 2.33. The average Bonchev–Trinajstić information content (AvgIpc) is 3.01. The van der Waals surface area contributed by atoms with Crippen molar-refractivity contribution in [2.45, 2.75) is 32.2 Å². The Hall–Kier alpha value is -2.08. The SMILES string of the molecule is Cc1cccc(NC(=O)N2CCCC(C(=O)N3CC[C@@H](N)C3)C2)c1. The van der Waals surface area contributed by atoms with Crippen LogP contribution in [0.3, 0.4) is 0 Å². The van der Waals surface area contributed by atoms with Crippen molar-refractivity contribution >= 4 is 17.6 Å². The molecule has 2 fully saturated rings. The van der Waals surface area contributed by atoms with E-state index in [-0.39, 0.29) is 23.9 Å². The molecular formula is C18H26N4O2. The minimum Gasteiger partial charge on any atom is -0.341 e. The molecule has 2 aliphatic rings. The van der Waals surface area contributed by atoms with Crippen molar-refractivity contribution in [3.63, 3.8) is 0 Å². The number of nitrogens with one attached hydrogen (secondary N) is 1. The van der Waals surface area contributed by atoms with Crippen molar-refractivity contribution in [2.24, 2.45) is 11.7 Å². The van der Waals surface area contributed by atoms with Crippen LogP contribution in [0.5, 0.6) is 0 Å². The third-order valence-corrected chi connectivity index (χ3v) is 4.86. The van der Waals surface area contributed by atoms with E-state index >= 15 is 0 Å². The second-order valence-electron chi connectivity index (χ2n) is 6.92. The molecule has 6 nitrogen and oxygen atoms in total. The maximum absolute atomic E-state index is 12.6. The van der Waals surface area contributed by atoms with E-state index in [1.165, 1.54) is 0 Å². The fourth-order valence-corrected chi connectivity index (χ4v) is 3.53. The van der Waals surface area contributed by atoms with Crippen LogP contribution >= 0.6 is 0 Å². The molecule has 1 aromatic carbocycles. The summed E-state index contributed by atoms with van der Waals surface area (Å²) in [6, 6.07) is 7.70. The Bertz CT molecular complexity index is 619. The standard InChI is InChI=1S/C18H26N4O2/c1-13-4-2-6-16(10-13)20-18(24)22-8-3-5-14(11-22)17(23)21-9-7-15(19)12-21/h2,4,6,10,14-15H,3,5,7-9,11-12,19H2,1H3,(H,20,24)/t14?,15-/m1/s1. The number of nitrogens with two attached hydrogens (primary N) is 1. The van der Waals surface area contributed by atoms with Crippen molar-refractivity contribution in [3.8, 4) is 0 Å². The summed E-state index contributed by atoms with van der Waals surface area (Å²) in [7, 11) is 0. The number of carbonyl (C=O) groups excluding carboxylic acids is 2. The molecule has 0 aromatic heterocycles. The maximum Gasteiger partial charge on any atom is 0.321 e.